The summed E-state index contributed by atoms with van der Waals surface area (Å²) >= 11 is 0. The number of allylic oxidation sites excluding steroid dienone is 1. The van der Waals surface area contributed by atoms with Crippen LogP contribution in [0.15, 0.2) is 36.7 Å². The Kier molecular flexibility index (Phi) is 11.4. The van der Waals surface area contributed by atoms with E-state index in [-0.39, 0.29) is 18.4 Å². The van der Waals surface area contributed by atoms with Crippen LogP contribution in [0.1, 0.15) is 13.8 Å². The highest BCUT2D eigenvalue weighted by Gasteiger charge is 2.19. The summed E-state index contributed by atoms with van der Waals surface area (Å²) in [6.07, 6.45) is 2.91. The number of thiol groups is 1. The van der Waals surface area contributed by atoms with Gasteiger partial charge in [0.2, 0.25) is 0 Å². The lowest BCUT2D eigenvalue weighted by atomic mass is 10.2. The van der Waals surface area contributed by atoms with Gasteiger partial charge in [-0.05, 0) is 26.0 Å². The molecule has 0 amide bonds. The number of hydrogen-bond acceptors (Lipinski definition) is 7. The van der Waals surface area contributed by atoms with Gasteiger partial charge >= 0.3 is 0 Å². The van der Waals surface area contributed by atoms with Crippen LogP contribution in [0.4, 0.5) is 0 Å². The molecule has 0 saturated carbocycles. The van der Waals surface area contributed by atoms with Crippen LogP contribution in [0.2, 0.25) is 0 Å². The Bertz CT molecular complexity index is 469. The molecule has 2 N–H and O–H groups in total. The maximum Gasteiger partial charge on any atom is 0.141 e. The number of ether oxygens (including phenoxy) is 1. The molecule has 0 aliphatic heterocycles. The van der Waals surface area contributed by atoms with Crippen molar-refractivity contribution in [2.45, 2.75) is 26.1 Å². The summed E-state index contributed by atoms with van der Waals surface area (Å²) in [6.45, 7) is 12.5. The van der Waals surface area contributed by atoms with Crippen LogP contribution >= 0.6 is 0 Å². The molecule has 0 aromatic rings. The van der Waals surface area contributed by atoms with E-state index in [1.165, 1.54) is 12.2 Å². The highest BCUT2D eigenvalue weighted by atomic mass is 32.2. The summed E-state index contributed by atoms with van der Waals surface area (Å²) in [5.41, 5.74) is 1.46. The molecule has 0 radical (unpaired) electrons. The van der Waals surface area contributed by atoms with E-state index in [9.17, 15) is 8.42 Å². The van der Waals surface area contributed by atoms with Crippen molar-refractivity contribution in [2.75, 3.05) is 33.1 Å². The fourth-order valence-corrected chi connectivity index (χ4v) is 2.10. The topological polar surface area (TPSA) is 79.9 Å². The van der Waals surface area contributed by atoms with Crippen molar-refractivity contribution in [3.8, 4) is 0 Å². The number of hydrogen-bond donors (Lipinski definition) is 3. The van der Waals surface area contributed by atoms with Crippen molar-refractivity contribution >= 4 is 10.7 Å². The highest BCUT2D eigenvalue weighted by molar-refractivity contribution is 7.72. The van der Waals surface area contributed by atoms with Gasteiger partial charge in [0.05, 0.1) is 19.0 Å². The van der Waals surface area contributed by atoms with Crippen LogP contribution in [-0.4, -0.2) is 58.8 Å². The van der Waals surface area contributed by atoms with Crippen molar-refractivity contribution in [3.05, 3.63) is 36.7 Å². The maximum atomic E-state index is 10.9. The van der Waals surface area contributed by atoms with E-state index in [0.717, 1.165) is 12.2 Å². The van der Waals surface area contributed by atoms with Crippen molar-refractivity contribution < 1.29 is 18.0 Å². The van der Waals surface area contributed by atoms with E-state index in [1.54, 1.807) is 13.2 Å². The number of likely N-dealkylation sites (N-methyl/N-ethyl adjacent to an activating group) is 1. The third-order valence-corrected chi connectivity index (χ3v) is 3.73. The minimum atomic E-state index is -2.48. The molecule has 0 aliphatic rings. The van der Waals surface area contributed by atoms with Crippen molar-refractivity contribution in [2.24, 2.45) is 0 Å². The standard InChI is InChI=1S/C15H29N3O4S/c1-7-14(16-8-2)11-15(17-12(3)13(4)21-5)18(22-6)9-10-23(19)20/h7,11,13,15-17,23H,1,3,8-10H2,2,4-6H3/b14-11-/t13-,15?/m0/s1. The van der Waals surface area contributed by atoms with E-state index in [1.807, 2.05) is 19.9 Å². The number of rotatable bonds is 13. The molecule has 0 rings (SSSR count). The Morgan fingerprint density at radius 2 is 2.04 bits per heavy atom. The van der Waals surface area contributed by atoms with Crippen LogP contribution in [0.25, 0.3) is 0 Å². The summed E-state index contributed by atoms with van der Waals surface area (Å²) in [4.78, 5) is 5.32. The summed E-state index contributed by atoms with van der Waals surface area (Å²) < 4.78 is 26.9. The van der Waals surface area contributed by atoms with Crippen LogP contribution in [-0.2, 0) is 20.3 Å². The summed E-state index contributed by atoms with van der Waals surface area (Å²) in [6, 6.07) is 0. The normalized spacial score (nSPS) is 14.6. The fraction of sp³-hybridized carbons (Fsp3) is 0.600. The molecule has 2 atom stereocenters. The van der Waals surface area contributed by atoms with E-state index in [4.69, 9.17) is 9.57 Å². The van der Waals surface area contributed by atoms with Crippen LogP contribution in [0.3, 0.4) is 0 Å². The van der Waals surface area contributed by atoms with Gasteiger partial charge in [0.1, 0.15) is 16.9 Å². The number of nitrogens with one attached hydrogen (secondary N) is 2. The molecular weight excluding hydrogens is 318 g/mol. The van der Waals surface area contributed by atoms with Gasteiger partial charge in [-0.25, -0.2) is 8.42 Å². The zero-order chi connectivity index (χ0) is 17.8. The largest absolute Gasteiger partial charge is 0.385 e. The molecule has 7 nitrogen and oxygen atoms in total. The van der Waals surface area contributed by atoms with Crippen LogP contribution in [0.5, 0.6) is 0 Å². The molecule has 23 heavy (non-hydrogen) atoms. The lowest BCUT2D eigenvalue weighted by molar-refractivity contribution is -0.152. The zero-order valence-electron chi connectivity index (χ0n) is 14.4. The Labute approximate surface area is 140 Å². The van der Waals surface area contributed by atoms with Gasteiger partial charge in [-0.1, -0.05) is 13.2 Å². The minimum absolute atomic E-state index is 0.00781. The Morgan fingerprint density at radius 1 is 1.39 bits per heavy atom. The molecule has 0 aromatic heterocycles. The fourth-order valence-electron chi connectivity index (χ4n) is 1.74. The van der Waals surface area contributed by atoms with E-state index >= 15 is 0 Å². The van der Waals surface area contributed by atoms with Crippen molar-refractivity contribution in [1.29, 1.82) is 0 Å². The van der Waals surface area contributed by atoms with E-state index in [2.05, 4.69) is 23.8 Å². The van der Waals surface area contributed by atoms with Crippen molar-refractivity contribution in [3.63, 3.8) is 0 Å². The smallest absolute Gasteiger partial charge is 0.141 e. The summed E-state index contributed by atoms with van der Waals surface area (Å²) in [7, 11) is 0.596. The van der Waals surface area contributed by atoms with Gasteiger partial charge in [-0.15, -0.1) is 0 Å². The molecule has 134 valence electrons. The van der Waals surface area contributed by atoms with Gasteiger partial charge in [-0.2, -0.15) is 5.06 Å². The number of nitrogens with zero attached hydrogens (tertiary/aromatic N) is 1. The number of methoxy groups -OCH3 is 1. The summed E-state index contributed by atoms with van der Waals surface area (Å²) in [5.74, 6) is -0.00781. The first-order chi connectivity index (χ1) is 10.9. The van der Waals surface area contributed by atoms with Crippen molar-refractivity contribution in [1.82, 2.24) is 15.7 Å². The number of hydroxylamine groups is 2. The predicted octanol–water partition coefficient (Wildman–Crippen LogP) is 0.605. The highest BCUT2D eigenvalue weighted by Crippen LogP contribution is 2.08. The molecule has 0 bridgehead atoms. The molecule has 0 heterocycles. The molecule has 0 saturated heterocycles. The molecule has 0 fully saturated rings. The SMILES string of the molecule is C=C/C(=C/C(NC(=C)[C@H](C)OC)N(CC[SH](=O)=O)OC)NCC. The first-order valence-electron chi connectivity index (χ1n) is 7.38. The third-order valence-electron chi connectivity index (χ3n) is 3.16. The Balaban J connectivity index is 5.30. The first kappa shape index (κ1) is 21.6. The predicted molar refractivity (Wildman–Crippen MR) is 93.4 cm³/mol. The Hall–Kier alpha value is -1.35. The quantitative estimate of drug-likeness (QED) is 0.195. The second-order valence-corrected chi connectivity index (χ2v) is 5.84. The average molecular weight is 347 g/mol. The molecule has 0 aliphatic carbocycles. The zero-order valence-corrected chi connectivity index (χ0v) is 15.3. The van der Waals surface area contributed by atoms with E-state index < -0.39 is 16.9 Å². The molecule has 0 spiro atoms. The monoisotopic (exact) mass is 347 g/mol. The second kappa shape index (κ2) is 12.1. The van der Waals surface area contributed by atoms with Gasteiger partial charge in [0, 0.05) is 31.6 Å². The molecule has 8 heteroatoms. The lowest BCUT2D eigenvalue weighted by Gasteiger charge is -2.30. The molecule has 1 unspecified atom stereocenters. The lowest BCUT2D eigenvalue weighted by Crippen LogP contribution is -2.46. The second-order valence-electron chi connectivity index (χ2n) is 4.73. The summed E-state index contributed by atoms with van der Waals surface area (Å²) in [5, 5.41) is 7.88. The van der Waals surface area contributed by atoms with Crippen LogP contribution in [0, 0.1) is 0 Å². The molecule has 0 aromatic carbocycles. The van der Waals surface area contributed by atoms with Gasteiger partial charge in [0.25, 0.3) is 0 Å². The van der Waals surface area contributed by atoms with Gasteiger partial charge in [-0.3, -0.25) is 4.84 Å². The third kappa shape index (κ3) is 8.75. The minimum Gasteiger partial charge on any atom is -0.385 e. The average Bonchev–Trinajstić information content (AvgIpc) is 2.53. The Morgan fingerprint density at radius 3 is 2.48 bits per heavy atom. The molecular formula is C15H29N3O4S. The first-order valence-corrected chi connectivity index (χ1v) is 8.74. The van der Waals surface area contributed by atoms with Crippen LogP contribution < -0.4 is 10.6 Å². The van der Waals surface area contributed by atoms with Gasteiger partial charge < -0.3 is 15.4 Å². The van der Waals surface area contributed by atoms with E-state index in [0.29, 0.717) is 5.70 Å². The van der Waals surface area contributed by atoms with Gasteiger partial charge in [0.15, 0.2) is 0 Å². The maximum absolute atomic E-state index is 10.9.